The molecule has 0 bridgehead atoms. The Kier molecular flexibility index (Phi) is 6.51. The van der Waals surface area contributed by atoms with Gasteiger partial charge in [0.15, 0.2) is 0 Å². The van der Waals surface area contributed by atoms with Gasteiger partial charge in [0.05, 0.1) is 13.0 Å². The Hall–Kier alpha value is -1.56. The summed E-state index contributed by atoms with van der Waals surface area (Å²) in [6, 6.07) is 3.46. The fourth-order valence-electron chi connectivity index (χ4n) is 1.83. The van der Waals surface area contributed by atoms with Crippen LogP contribution in [-0.4, -0.2) is 34.1 Å². The van der Waals surface area contributed by atoms with Gasteiger partial charge in [0, 0.05) is 17.0 Å². The summed E-state index contributed by atoms with van der Waals surface area (Å²) >= 11 is 1.61. The van der Waals surface area contributed by atoms with Gasteiger partial charge in [-0.2, -0.15) is 0 Å². The number of urea groups is 1. The summed E-state index contributed by atoms with van der Waals surface area (Å²) in [4.78, 5) is 25.9. The highest BCUT2D eigenvalue weighted by Crippen LogP contribution is 2.14. The number of carbonyl (C=O) groups excluding carboxylic acids is 1. The van der Waals surface area contributed by atoms with Crippen LogP contribution in [-0.2, 0) is 11.3 Å². The lowest BCUT2D eigenvalue weighted by molar-refractivity contribution is -0.137. The number of nitrogens with one attached hydrogen (secondary N) is 1. The molecule has 0 aliphatic heterocycles. The molecule has 1 rings (SSSR count). The Labute approximate surface area is 123 Å². The van der Waals surface area contributed by atoms with Crippen molar-refractivity contribution in [3.8, 4) is 0 Å². The van der Waals surface area contributed by atoms with E-state index >= 15 is 0 Å². The molecule has 1 aromatic heterocycles. The van der Waals surface area contributed by atoms with Crippen LogP contribution in [0.4, 0.5) is 4.79 Å². The van der Waals surface area contributed by atoms with Crippen LogP contribution in [0.15, 0.2) is 17.5 Å². The molecule has 0 spiro atoms. The fourth-order valence-corrected chi connectivity index (χ4v) is 2.53. The number of thiophene rings is 1. The molecule has 0 fully saturated rings. The Morgan fingerprint density at radius 3 is 2.60 bits per heavy atom. The smallest absolute Gasteiger partial charge is 0.318 e. The van der Waals surface area contributed by atoms with Crippen LogP contribution >= 0.6 is 11.3 Å². The first kappa shape index (κ1) is 16.5. The molecule has 2 N–H and O–H groups in total. The predicted octanol–water partition coefficient (Wildman–Crippen LogP) is 2.92. The minimum Gasteiger partial charge on any atom is -0.481 e. The van der Waals surface area contributed by atoms with Crippen molar-refractivity contribution in [2.75, 3.05) is 0 Å². The number of hydrogen-bond donors (Lipinski definition) is 2. The lowest BCUT2D eigenvalue weighted by atomic mass is 10.1. The molecule has 1 unspecified atom stereocenters. The number of carboxylic acids is 1. The van der Waals surface area contributed by atoms with E-state index in [4.69, 9.17) is 5.11 Å². The van der Waals surface area contributed by atoms with Crippen molar-refractivity contribution in [3.63, 3.8) is 0 Å². The van der Waals surface area contributed by atoms with Gasteiger partial charge in [0.1, 0.15) is 0 Å². The molecule has 1 aromatic rings. The second-order valence-corrected chi connectivity index (χ2v) is 5.99. The molecule has 5 nitrogen and oxygen atoms in total. The van der Waals surface area contributed by atoms with Crippen LogP contribution in [0, 0.1) is 0 Å². The number of amides is 2. The molecule has 1 heterocycles. The maximum Gasteiger partial charge on any atom is 0.318 e. The number of nitrogens with zero attached hydrogens (tertiary/aromatic N) is 1. The molecule has 1 atom stereocenters. The van der Waals surface area contributed by atoms with Gasteiger partial charge >= 0.3 is 12.0 Å². The zero-order valence-electron chi connectivity index (χ0n) is 12.1. The van der Waals surface area contributed by atoms with E-state index in [2.05, 4.69) is 5.32 Å². The third-order valence-corrected chi connectivity index (χ3v) is 3.89. The van der Waals surface area contributed by atoms with Crippen LogP contribution in [0.3, 0.4) is 0 Å². The molecule has 0 saturated heterocycles. The molecule has 0 saturated carbocycles. The van der Waals surface area contributed by atoms with Crippen LogP contribution in [0.25, 0.3) is 0 Å². The standard InChI is InChI=1S/C14H22N2O3S/c1-4-11(8-13(17)18)15-14(19)16(10(2)3)9-12-6-5-7-20-12/h5-7,10-11H,4,8-9H2,1-3H3,(H,15,19)(H,17,18). The maximum absolute atomic E-state index is 12.3. The number of carbonyl (C=O) groups is 2. The van der Waals surface area contributed by atoms with E-state index in [-0.39, 0.29) is 24.5 Å². The number of rotatable bonds is 7. The van der Waals surface area contributed by atoms with Gasteiger partial charge in [0.2, 0.25) is 0 Å². The quantitative estimate of drug-likeness (QED) is 0.813. The Morgan fingerprint density at radius 2 is 2.15 bits per heavy atom. The Balaban J connectivity index is 2.66. The third-order valence-electron chi connectivity index (χ3n) is 3.03. The van der Waals surface area contributed by atoms with Gasteiger partial charge in [-0.15, -0.1) is 11.3 Å². The number of hydrogen-bond acceptors (Lipinski definition) is 3. The Bertz CT molecular complexity index is 432. The van der Waals surface area contributed by atoms with E-state index in [1.54, 1.807) is 16.2 Å². The molecular formula is C14H22N2O3S. The first-order valence-corrected chi connectivity index (χ1v) is 7.63. The van der Waals surface area contributed by atoms with Gasteiger partial charge in [-0.1, -0.05) is 13.0 Å². The average Bonchev–Trinajstić information content (AvgIpc) is 2.86. The molecule has 20 heavy (non-hydrogen) atoms. The second-order valence-electron chi connectivity index (χ2n) is 4.95. The van der Waals surface area contributed by atoms with E-state index in [9.17, 15) is 9.59 Å². The summed E-state index contributed by atoms with van der Waals surface area (Å²) in [5.41, 5.74) is 0. The molecule has 0 aliphatic carbocycles. The SMILES string of the molecule is CCC(CC(=O)O)NC(=O)N(Cc1cccs1)C(C)C. The predicted molar refractivity (Wildman–Crippen MR) is 79.9 cm³/mol. The van der Waals surface area contributed by atoms with Gasteiger partial charge in [-0.25, -0.2) is 4.79 Å². The van der Waals surface area contributed by atoms with Crippen LogP contribution in [0.5, 0.6) is 0 Å². The summed E-state index contributed by atoms with van der Waals surface area (Å²) in [6.45, 7) is 6.31. The monoisotopic (exact) mass is 298 g/mol. The van der Waals surface area contributed by atoms with E-state index in [0.29, 0.717) is 13.0 Å². The van der Waals surface area contributed by atoms with Crippen molar-refractivity contribution in [3.05, 3.63) is 22.4 Å². The first-order valence-electron chi connectivity index (χ1n) is 6.75. The lowest BCUT2D eigenvalue weighted by Crippen LogP contribution is -2.47. The maximum atomic E-state index is 12.3. The molecule has 0 radical (unpaired) electrons. The summed E-state index contributed by atoms with van der Waals surface area (Å²) in [5.74, 6) is -0.897. The van der Waals surface area contributed by atoms with Crippen LogP contribution in [0.2, 0.25) is 0 Å². The highest BCUT2D eigenvalue weighted by Gasteiger charge is 2.21. The summed E-state index contributed by atoms with van der Waals surface area (Å²) < 4.78 is 0. The summed E-state index contributed by atoms with van der Waals surface area (Å²) in [5, 5.41) is 13.6. The lowest BCUT2D eigenvalue weighted by Gasteiger charge is -2.28. The zero-order valence-corrected chi connectivity index (χ0v) is 12.9. The minimum atomic E-state index is -0.897. The largest absolute Gasteiger partial charge is 0.481 e. The van der Waals surface area contributed by atoms with Crippen molar-refractivity contribution in [2.45, 2.75) is 52.2 Å². The van der Waals surface area contributed by atoms with Crippen molar-refractivity contribution in [1.29, 1.82) is 0 Å². The molecule has 0 aromatic carbocycles. The fraction of sp³-hybridized carbons (Fsp3) is 0.571. The van der Waals surface area contributed by atoms with Crippen molar-refractivity contribution < 1.29 is 14.7 Å². The van der Waals surface area contributed by atoms with E-state index in [1.165, 1.54) is 0 Å². The van der Waals surface area contributed by atoms with Crippen LogP contribution in [0.1, 0.15) is 38.5 Å². The van der Waals surface area contributed by atoms with Gasteiger partial charge in [-0.3, -0.25) is 4.79 Å². The van der Waals surface area contributed by atoms with E-state index < -0.39 is 5.97 Å². The number of aliphatic carboxylic acids is 1. The molecule has 0 aliphatic rings. The molecule has 2 amide bonds. The van der Waals surface area contributed by atoms with Gasteiger partial charge in [0.25, 0.3) is 0 Å². The van der Waals surface area contributed by atoms with Crippen molar-refractivity contribution in [1.82, 2.24) is 10.2 Å². The molecule has 112 valence electrons. The highest BCUT2D eigenvalue weighted by molar-refractivity contribution is 7.09. The third kappa shape index (κ3) is 5.21. The van der Waals surface area contributed by atoms with Gasteiger partial charge in [-0.05, 0) is 31.7 Å². The zero-order chi connectivity index (χ0) is 15.1. The van der Waals surface area contributed by atoms with Crippen LogP contribution < -0.4 is 5.32 Å². The topological polar surface area (TPSA) is 69.6 Å². The summed E-state index contributed by atoms with van der Waals surface area (Å²) in [6.07, 6.45) is 0.552. The summed E-state index contributed by atoms with van der Waals surface area (Å²) in [7, 11) is 0. The highest BCUT2D eigenvalue weighted by atomic mass is 32.1. The van der Waals surface area contributed by atoms with Crippen molar-refractivity contribution >= 4 is 23.3 Å². The minimum absolute atomic E-state index is 0.0484. The van der Waals surface area contributed by atoms with E-state index in [1.807, 2.05) is 38.3 Å². The Morgan fingerprint density at radius 1 is 1.45 bits per heavy atom. The van der Waals surface area contributed by atoms with E-state index in [0.717, 1.165) is 4.88 Å². The number of carboxylic acid groups (broad SMARTS) is 1. The second kappa shape index (κ2) is 7.89. The van der Waals surface area contributed by atoms with Gasteiger partial charge < -0.3 is 15.3 Å². The van der Waals surface area contributed by atoms with Crippen molar-refractivity contribution in [2.24, 2.45) is 0 Å². The molecule has 6 heteroatoms. The molecular weight excluding hydrogens is 276 g/mol. The normalized spacial score (nSPS) is 12.2. The first-order chi connectivity index (χ1) is 9.43. The average molecular weight is 298 g/mol.